The van der Waals surface area contributed by atoms with E-state index in [2.05, 4.69) is 10.2 Å². The van der Waals surface area contributed by atoms with Gasteiger partial charge in [0.25, 0.3) is 5.56 Å². The van der Waals surface area contributed by atoms with Crippen molar-refractivity contribution >= 4 is 5.52 Å². The minimum absolute atomic E-state index is 0.144. The standard InChI is InChI=1S/C7H7N3O/c1-5-2-3-10-4-8-9-7(11)6(5)10/h2-4H,1H3,(H,9,11). The zero-order valence-corrected chi connectivity index (χ0v) is 6.03. The molecular formula is C7H7N3O. The monoisotopic (exact) mass is 149 g/mol. The minimum atomic E-state index is -0.144. The van der Waals surface area contributed by atoms with Crippen LogP contribution in [0.15, 0.2) is 23.4 Å². The number of nitrogens with zero attached hydrogens (tertiary/aromatic N) is 2. The van der Waals surface area contributed by atoms with Crippen LogP contribution in [-0.2, 0) is 0 Å². The van der Waals surface area contributed by atoms with Crippen LogP contribution < -0.4 is 5.56 Å². The summed E-state index contributed by atoms with van der Waals surface area (Å²) in [4.78, 5) is 11.1. The molecule has 2 rings (SSSR count). The quantitative estimate of drug-likeness (QED) is 0.586. The zero-order valence-electron chi connectivity index (χ0n) is 6.03. The van der Waals surface area contributed by atoms with Gasteiger partial charge in [-0.15, -0.1) is 0 Å². The molecule has 0 aliphatic carbocycles. The molecule has 2 aromatic heterocycles. The molecule has 0 radical (unpaired) electrons. The van der Waals surface area contributed by atoms with Crippen molar-refractivity contribution in [1.82, 2.24) is 14.6 Å². The fraction of sp³-hybridized carbons (Fsp3) is 0.143. The van der Waals surface area contributed by atoms with Gasteiger partial charge in [0.15, 0.2) is 0 Å². The predicted molar refractivity (Wildman–Crippen MR) is 40.5 cm³/mol. The summed E-state index contributed by atoms with van der Waals surface area (Å²) in [5.41, 5.74) is 1.49. The van der Waals surface area contributed by atoms with Crippen molar-refractivity contribution < 1.29 is 0 Å². The Balaban J connectivity index is 3.08. The third kappa shape index (κ3) is 0.756. The second-order valence-electron chi connectivity index (χ2n) is 2.44. The summed E-state index contributed by atoms with van der Waals surface area (Å²) in [7, 11) is 0. The average molecular weight is 149 g/mol. The van der Waals surface area contributed by atoms with Gasteiger partial charge in [-0.2, -0.15) is 5.10 Å². The van der Waals surface area contributed by atoms with Crippen molar-refractivity contribution in [3.05, 3.63) is 34.5 Å². The van der Waals surface area contributed by atoms with Crippen LogP contribution in [0.25, 0.3) is 5.52 Å². The highest BCUT2D eigenvalue weighted by Crippen LogP contribution is 2.03. The normalized spacial score (nSPS) is 10.6. The van der Waals surface area contributed by atoms with Crippen molar-refractivity contribution in [3.8, 4) is 0 Å². The van der Waals surface area contributed by atoms with Gasteiger partial charge in [-0.25, -0.2) is 5.10 Å². The lowest BCUT2D eigenvalue weighted by Gasteiger charge is -1.90. The highest BCUT2D eigenvalue weighted by Gasteiger charge is 2.00. The van der Waals surface area contributed by atoms with Gasteiger partial charge >= 0.3 is 0 Å². The van der Waals surface area contributed by atoms with E-state index in [1.54, 1.807) is 10.7 Å². The molecule has 0 aliphatic heterocycles. The molecule has 1 N–H and O–H groups in total. The second kappa shape index (κ2) is 1.95. The predicted octanol–water partition coefficient (Wildman–Crippen LogP) is 0.331. The van der Waals surface area contributed by atoms with Crippen molar-refractivity contribution in [2.45, 2.75) is 6.92 Å². The van der Waals surface area contributed by atoms with Gasteiger partial charge in [0, 0.05) is 6.20 Å². The van der Waals surface area contributed by atoms with Crippen LogP contribution in [0, 0.1) is 6.92 Å². The third-order valence-corrected chi connectivity index (χ3v) is 1.68. The molecule has 0 bridgehead atoms. The molecule has 0 saturated carbocycles. The van der Waals surface area contributed by atoms with Gasteiger partial charge in [-0.1, -0.05) is 0 Å². The number of rotatable bonds is 0. The largest absolute Gasteiger partial charge is 0.301 e. The van der Waals surface area contributed by atoms with Crippen LogP contribution in [-0.4, -0.2) is 14.6 Å². The molecule has 0 amide bonds. The first-order chi connectivity index (χ1) is 5.29. The Labute approximate surface area is 62.5 Å². The molecule has 56 valence electrons. The summed E-state index contributed by atoms with van der Waals surface area (Å²) < 4.78 is 1.70. The topological polar surface area (TPSA) is 50.2 Å². The number of H-pyrrole nitrogens is 1. The van der Waals surface area contributed by atoms with Crippen LogP contribution in [0.2, 0.25) is 0 Å². The van der Waals surface area contributed by atoms with Crippen LogP contribution in [0.4, 0.5) is 0 Å². The van der Waals surface area contributed by atoms with E-state index in [4.69, 9.17) is 0 Å². The van der Waals surface area contributed by atoms with E-state index in [9.17, 15) is 4.79 Å². The average Bonchev–Trinajstić information content (AvgIpc) is 2.34. The molecule has 2 heterocycles. The Bertz CT molecular complexity index is 440. The Kier molecular flexibility index (Phi) is 1.09. The van der Waals surface area contributed by atoms with Gasteiger partial charge in [0.1, 0.15) is 11.8 Å². The second-order valence-corrected chi connectivity index (χ2v) is 2.44. The van der Waals surface area contributed by atoms with E-state index in [0.717, 1.165) is 5.56 Å². The summed E-state index contributed by atoms with van der Waals surface area (Å²) in [6.45, 7) is 1.89. The van der Waals surface area contributed by atoms with Gasteiger partial charge in [-0.05, 0) is 18.6 Å². The van der Waals surface area contributed by atoms with E-state index in [1.807, 2.05) is 19.2 Å². The number of aromatic nitrogens is 3. The van der Waals surface area contributed by atoms with E-state index in [0.29, 0.717) is 5.52 Å². The van der Waals surface area contributed by atoms with Crippen LogP contribution in [0.5, 0.6) is 0 Å². The minimum Gasteiger partial charge on any atom is -0.301 e. The summed E-state index contributed by atoms with van der Waals surface area (Å²) in [6, 6.07) is 1.88. The Morgan fingerprint density at radius 2 is 2.45 bits per heavy atom. The number of hydrogen-bond acceptors (Lipinski definition) is 2. The number of nitrogens with one attached hydrogen (secondary N) is 1. The lowest BCUT2D eigenvalue weighted by Crippen LogP contribution is -2.10. The fourth-order valence-electron chi connectivity index (χ4n) is 1.14. The van der Waals surface area contributed by atoms with Crippen molar-refractivity contribution in [3.63, 3.8) is 0 Å². The van der Waals surface area contributed by atoms with Crippen molar-refractivity contribution in [1.29, 1.82) is 0 Å². The Morgan fingerprint density at radius 3 is 3.18 bits per heavy atom. The molecule has 0 saturated heterocycles. The number of aryl methyl sites for hydroxylation is 1. The van der Waals surface area contributed by atoms with Crippen molar-refractivity contribution in [2.24, 2.45) is 0 Å². The van der Waals surface area contributed by atoms with Gasteiger partial charge in [-0.3, -0.25) is 4.79 Å². The molecule has 0 atom stereocenters. The van der Waals surface area contributed by atoms with Crippen LogP contribution in [0.1, 0.15) is 5.56 Å². The van der Waals surface area contributed by atoms with Gasteiger partial charge in [0.2, 0.25) is 0 Å². The lowest BCUT2D eigenvalue weighted by atomic mass is 10.3. The smallest absolute Gasteiger partial charge is 0.288 e. The summed E-state index contributed by atoms with van der Waals surface area (Å²) >= 11 is 0. The molecule has 0 aromatic carbocycles. The van der Waals surface area contributed by atoms with E-state index in [-0.39, 0.29) is 5.56 Å². The first kappa shape index (κ1) is 6.15. The van der Waals surface area contributed by atoms with E-state index >= 15 is 0 Å². The molecule has 11 heavy (non-hydrogen) atoms. The Hall–Kier alpha value is -1.58. The Morgan fingerprint density at radius 1 is 1.64 bits per heavy atom. The van der Waals surface area contributed by atoms with E-state index in [1.165, 1.54) is 0 Å². The van der Waals surface area contributed by atoms with Gasteiger partial charge < -0.3 is 4.40 Å². The summed E-state index contributed by atoms with van der Waals surface area (Å²) in [5, 5.41) is 6.03. The van der Waals surface area contributed by atoms with Gasteiger partial charge in [0.05, 0.1) is 0 Å². The first-order valence-corrected chi connectivity index (χ1v) is 3.30. The highest BCUT2D eigenvalue weighted by atomic mass is 16.1. The molecule has 4 nitrogen and oxygen atoms in total. The van der Waals surface area contributed by atoms with Crippen molar-refractivity contribution in [2.75, 3.05) is 0 Å². The third-order valence-electron chi connectivity index (χ3n) is 1.68. The maximum Gasteiger partial charge on any atom is 0.288 e. The molecule has 0 unspecified atom stereocenters. The molecule has 4 heteroatoms. The molecular weight excluding hydrogens is 142 g/mol. The zero-order chi connectivity index (χ0) is 7.84. The number of fused-ring (bicyclic) bond motifs is 1. The van der Waals surface area contributed by atoms with Crippen LogP contribution in [0.3, 0.4) is 0 Å². The molecule has 0 spiro atoms. The molecule has 2 aromatic rings. The summed E-state index contributed by atoms with van der Waals surface area (Å²) in [6.07, 6.45) is 3.39. The molecule has 0 aliphatic rings. The maximum atomic E-state index is 11.1. The molecule has 0 fully saturated rings. The SMILES string of the molecule is Cc1ccn2cn[nH]c(=O)c12. The number of hydrogen-bond donors (Lipinski definition) is 1. The maximum absolute atomic E-state index is 11.1. The first-order valence-electron chi connectivity index (χ1n) is 3.30. The van der Waals surface area contributed by atoms with Crippen LogP contribution >= 0.6 is 0 Å². The fourth-order valence-corrected chi connectivity index (χ4v) is 1.14. The van der Waals surface area contributed by atoms with E-state index < -0.39 is 0 Å². The summed E-state index contributed by atoms with van der Waals surface area (Å²) in [5.74, 6) is 0. The lowest BCUT2D eigenvalue weighted by molar-refractivity contribution is 0.918. The number of aromatic amines is 1. The highest BCUT2D eigenvalue weighted by molar-refractivity contribution is 5.52.